The summed E-state index contributed by atoms with van der Waals surface area (Å²) in [7, 11) is 0. The van der Waals surface area contributed by atoms with Crippen LogP contribution in [0.4, 0.5) is 0 Å². The summed E-state index contributed by atoms with van der Waals surface area (Å²) >= 11 is 0. The van der Waals surface area contributed by atoms with E-state index in [1.165, 1.54) is 57.8 Å². The molecule has 0 bridgehead atoms. The SMILES string of the molecule is CCC/C=C/CCC(CC/C=C\CCCC)OC(=O)CCCCCCCN(CCO)CCCCCCCC(=O)OCCCCCCCCC. The van der Waals surface area contributed by atoms with E-state index in [0.29, 0.717) is 19.4 Å². The van der Waals surface area contributed by atoms with Gasteiger partial charge in [0.25, 0.3) is 0 Å². The molecule has 0 aromatic rings. The molecule has 0 fully saturated rings. The van der Waals surface area contributed by atoms with Gasteiger partial charge < -0.3 is 19.5 Å². The quantitative estimate of drug-likeness (QED) is 0.0394. The Morgan fingerprint density at radius 3 is 1.59 bits per heavy atom. The number of aliphatic hydroxyl groups is 1. The molecule has 0 rings (SSSR count). The van der Waals surface area contributed by atoms with Crippen molar-refractivity contribution in [2.24, 2.45) is 0 Å². The van der Waals surface area contributed by atoms with Gasteiger partial charge in [-0.05, 0) is 83.7 Å². The van der Waals surface area contributed by atoms with Crippen molar-refractivity contribution in [3.8, 4) is 0 Å². The van der Waals surface area contributed by atoms with Crippen molar-refractivity contribution in [3.63, 3.8) is 0 Å². The number of rotatable bonds is 38. The molecule has 0 spiro atoms. The van der Waals surface area contributed by atoms with Crippen LogP contribution in [0.3, 0.4) is 0 Å². The van der Waals surface area contributed by atoms with Gasteiger partial charge in [-0.1, -0.05) is 141 Å². The van der Waals surface area contributed by atoms with Crippen LogP contribution >= 0.6 is 0 Å². The molecule has 0 saturated heterocycles. The molecule has 1 unspecified atom stereocenters. The van der Waals surface area contributed by atoms with Gasteiger partial charge in [0.2, 0.25) is 0 Å². The minimum absolute atomic E-state index is 0.0141. The highest BCUT2D eigenvalue weighted by Gasteiger charge is 2.13. The van der Waals surface area contributed by atoms with Gasteiger partial charge >= 0.3 is 11.9 Å². The summed E-state index contributed by atoms with van der Waals surface area (Å²) in [5.41, 5.74) is 0. The summed E-state index contributed by atoms with van der Waals surface area (Å²) < 4.78 is 11.3. The molecule has 0 saturated carbocycles. The fourth-order valence-corrected chi connectivity index (χ4v) is 6.10. The summed E-state index contributed by atoms with van der Waals surface area (Å²) in [6.07, 6.45) is 39.2. The van der Waals surface area contributed by atoms with Gasteiger partial charge in [0.1, 0.15) is 6.10 Å². The average molecular weight is 692 g/mol. The Morgan fingerprint density at radius 2 is 1.02 bits per heavy atom. The predicted octanol–water partition coefficient (Wildman–Crippen LogP) is 11.8. The number of esters is 2. The van der Waals surface area contributed by atoms with E-state index in [2.05, 4.69) is 50.0 Å². The maximum Gasteiger partial charge on any atom is 0.306 e. The smallest absolute Gasteiger partial charge is 0.306 e. The lowest BCUT2D eigenvalue weighted by Crippen LogP contribution is -2.29. The van der Waals surface area contributed by atoms with Crippen molar-refractivity contribution in [1.29, 1.82) is 0 Å². The van der Waals surface area contributed by atoms with Gasteiger partial charge in [-0.15, -0.1) is 0 Å². The molecular weight excluding hydrogens is 610 g/mol. The summed E-state index contributed by atoms with van der Waals surface area (Å²) in [4.78, 5) is 27.0. The number of ether oxygens (including phenoxy) is 2. The van der Waals surface area contributed by atoms with Crippen LogP contribution in [0.5, 0.6) is 0 Å². The first-order chi connectivity index (χ1) is 24.1. The second kappa shape index (κ2) is 39.1. The van der Waals surface area contributed by atoms with E-state index < -0.39 is 0 Å². The molecule has 6 heteroatoms. The lowest BCUT2D eigenvalue weighted by molar-refractivity contribution is -0.150. The lowest BCUT2D eigenvalue weighted by atomic mass is 10.1. The second-order valence-electron chi connectivity index (χ2n) is 14.1. The molecule has 1 atom stereocenters. The van der Waals surface area contributed by atoms with Crippen molar-refractivity contribution < 1.29 is 24.2 Å². The van der Waals surface area contributed by atoms with Crippen LogP contribution in [0.15, 0.2) is 24.3 Å². The molecule has 49 heavy (non-hydrogen) atoms. The fraction of sp³-hybridized carbons (Fsp3) is 0.860. The molecule has 0 heterocycles. The first-order valence-electron chi connectivity index (χ1n) is 21.1. The van der Waals surface area contributed by atoms with E-state index in [9.17, 15) is 14.7 Å². The number of nitrogens with zero attached hydrogens (tertiary/aromatic N) is 1. The minimum atomic E-state index is -0.0367. The number of carbonyl (C=O) groups excluding carboxylic acids is 2. The van der Waals surface area contributed by atoms with Crippen LogP contribution < -0.4 is 0 Å². The zero-order valence-electron chi connectivity index (χ0n) is 32.7. The van der Waals surface area contributed by atoms with E-state index in [1.807, 2.05) is 0 Å². The van der Waals surface area contributed by atoms with Crippen LogP contribution in [-0.4, -0.2) is 60.9 Å². The highest BCUT2D eigenvalue weighted by molar-refractivity contribution is 5.69. The number of carbonyl (C=O) groups is 2. The molecule has 0 aromatic carbocycles. The van der Waals surface area contributed by atoms with Gasteiger partial charge in [0, 0.05) is 19.4 Å². The number of unbranched alkanes of at least 4 members (excludes halogenated alkanes) is 17. The third-order valence-electron chi connectivity index (χ3n) is 9.26. The van der Waals surface area contributed by atoms with Crippen molar-refractivity contribution in [2.45, 2.75) is 207 Å². The Bertz CT molecular complexity index is 767. The first kappa shape index (κ1) is 47.3. The molecule has 6 nitrogen and oxygen atoms in total. The molecule has 0 aliphatic heterocycles. The predicted molar refractivity (Wildman–Crippen MR) is 209 cm³/mol. The Kier molecular flexibility index (Phi) is 37.8. The fourth-order valence-electron chi connectivity index (χ4n) is 6.10. The van der Waals surface area contributed by atoms with Crippen molar-refractivity contribution in [2.75, 3.05) is 32.8 Å². The topological polar surface area (TPSA) is 76.1 Å². The second-order valence-corrected chi connectivity index (χ2v) is 14.1. The van der Waals surface area contributed by atoms with Crippen LogP contribution in [0.1, 0.15) is 201 Å². The van der Waals surface area contributed by atoms with Crippen molar-refractivity contribution in [1.82, 2.24) is 4.90 Å². The largest absolute Gasteiger partial charge is 0.466 e. The zero-order chi connectivity index (χ0) is 35.9. The standard InChI is InChI=1S/C43H81NO5/c1-4-7-10-13-15-24-31-40-48-42(46)34-27-20-16-22-29-36-44(38-39-45)37-30-23-17-21-28-35-43(47)49-41(32-25-18-12-9-6-3)33-26-19-14-11-8-5-2/h12,14,18-19,41,45H,4-11,13,15-17,20-40H2,1-3H3/b18-12+,19-14-. The molecule has 288 valence electrons. The maximum atomic E-state index is 12.6. The van der Waals surface area contributed by atoms with Crippen LogP contribution in [-0.2, 0) is 19.1 Å². The molecule has 0 aromatic heterocycles. The molecule has 0 aliphatic rings. The van der Waals surface area contributed by atoms with E-state index in [0.717, 1.165) is 129 Å². The van der Waals surface area contributed by atoms with E-state index >= 15 is 0 Å². The average Bonchev–Trinajstić information content (AvgIpc) is 3.09. The van der Waals surface area contributed by atoms with Gasteiger partial charge in [0.05, 0.1) is 13.2 Å². The van der Waals surface area contributed by atoms with Crippen molar-refractivity contribution >= 4 is 11.9 Å². The summed E-state index contributed by atoms with van der Waals surface area (Å²) in [5.74, 6) is -0.0722. The number of allylic oxidation sites excluding steroid dienone is 4. The lowest BCUT2D eigenvalue weighted by Gasteiger charge is -2.21. The van der Waals surface area contributed by atoms with Gasteiger partial charge in [0.15, 0.2) is 0 Å². The highest BCUT2D eigenvalue weighted by Crippen LogP contribution is 2.15. The van der Waals surface area contributed by atoms with Gasteiger partial charge in [-0.2, -0.15) is 0 Å². The first-order valence-corrected chi connectivity index (χ1v) is 21.1. The Labute approximate surface area is 304 Å². The van der Waals surface area contributed by atoms with Crippen molar-refractivity contribution in [3.05, 3.63) is 24.3 Å². The Hall–Kier alpha value is -1.66. The third kappa shape index (κ3) is 36.0. The Morgan fingerprint density at radius 1 is 0.531 bits per heavy atom. The minimum Gasteiger partial charge on any atom is -0.466 e. The van der Waals surface area contributed by atoms with Gasteiger partial charge in [-0.25, -0.2) is 0 Å². The van der Waals surface area contributed by atoms with E-state index in [1.54, 1.807) is 0 Å². The van der Waals surface area contributed by atoms with Crippen LogP contribution in [0.2, 0.25) is 0 Å². The molecule has 0 aliphatic carbocycles. The highest BCUT2D eigenvalue weighted by atomic mass is 16.5. The van der Waals surface area contributed by atoms with E-state index in [4.69, 9.17) is 9.47 Å². The van der Waals surface area contributed by atoms with Gasteiger partial charge in [-0.3, -0.25) is 9.59 Å². The van der Waals surface area contributed by atoms with Crippen LogP contribution in [0.25, 0.3) is 0 Å². The van der Waals surface area contributed by atoms with E-state index in [-0.39, 0.29) is 24.6 Å². The number of hydrogen-bond donors (Lipinski definition) is 1. The summed E-state index contributed by atoms with van der Waals surface area (Å²) in [5, 5.41) is 9.52. The maximum absolute atomic E-state index is 12.6. The molecular formula is C43H81NO5. The molecule has 0 radical (unpaired) electrons. The summed E-state index contributed by atoms with van der Waals surface area (Å²) in [6.45, 7) is 10.2. The number of aliphatic hydroxyl groups excluding tert-OH is 1. The monoisotopic (exact) mass is 692 g/mol. The normalized spacial score (nSPS) is 12.4. The summed E-state index contributed by atoms with van der Waals surface area (Å²) in [6, 6.07) is 0. The van der Waals surface area contributed by atoms with Crippen LogP contribution in [0, 0.1) is 0 Å². The Balaban J connectivity index is 3.96. The number of hydrogen-bond acceptors (Lipinski definition) is 6. The third-order valence-corrected chi connectivity index (χ3v) is 9.26. The molecule has 1 N–H and O–H groups in total. The zero-order valence-corrected chi connectivity index (χ0v) is 32.7. The molecule has 0 amide bonds.